The van der Waals surface area contributed by atoms with Gasteiger partial charge < -0.3 is 4.74 Å². The Morgan fingerprint density at radius 2 is 1.86 bits per heavy atom. The third kappa shape index (κ3) is 5.69. The molecule has 0 spiro atoms. The fraction of sp³-hybridized carbons (Fsp3) is 0.286. The van der Waals surface area contributed by atoms with Crippen molar-refractivity contribution in [3.05, 3.63) is 83.4 Å². The molecule has 1 aromatic heterocycles. The van der Waals surface area contributed by atoms with Crippen molar-refractivity contribution in [2.24, 2.45) is 0 Å². The van der Waals surface area contributed by atoms with Crippen LogP contribution < -0.4 is 9.62 Å². The van der Waals surface area contributed by atoms with Crippen LogP contribution in [0.5, 0.6) is 0 Å². The van der Waals surface area contributed by atoms with Crippen LogP contribution in [0.3, 0.4) is 0 Å². The van der Waals surface area contributed by atoms with Crippen molar-refractivity contribution >= 4 is 48.3 Å². The van der Waals surface area contributed by atoms with Gasteiger partial charge >= 0.3 is 0 Å². The largest absolute Gasteiger partial charge is 0.376 e. The molecular weight excluding hydrogens is 506 g/mol. The summed E-state index contributed by atoms with van der Waals surface area (Å²) in [5.41, 5.74) is 3.90. The van der Waals surface area contributed by atoms with E-state index in [2.05, 4.69) is 23.8 Å². The zero-order valence-corrected chi connectivity index (χ0v) is 22.4. The van der Waals surface area contributed by atoms with Gasteiger partial charge in [-0.15, -0.1) is 0 Å². The first kappa shape index (κ1) is 25.4. The first-order valence-electron chi connectivity index (χ1n) is 12.3. The van der Waals surface area contributed by atoms with Crippen LogP contribution in [0.4, 0.5) is 10.8 Å². The number of carbonyl (C=O) groups excluding carboxylic acids is 1. The van der Waals surface area contributed by atoms with E-state index in [1.54, 1.807) is 53.4 Å². The highest BCUT2D eigenvalue weighted by atomic mass is 32.2. The Morgan fingerprint density at radius 1 is 1.11 bits per heavy atom. The second kappa shape index (κ2) is 10.6. The monoisotopic (exact) mass is 535 g/mol. The highest BCUT2D eigenvalue weighted by Gasteiger charge is 2.27. The van der Waals surface area contributed by atoms with Crippen molar-refractivity contribution < 1.29 is 17.9 Å². The van der Waals surface area contributed by atoms with E-state index in [-0.39, 0.29) is 16.9 Å². The molecule has 1 aliphatic heterocycles. The smallest absolute Gasteiger partial charge is 0.261 e. The molecule has 2 heterocycles. The Morgan fingerprint density at radius 3 is 2.54 bits per heavy atom. The highest BCUT2D eigenvalue weighted by molar-refractivity contribution is 7.92. The number of anilines is 2. The van der Waals surface area contributed by atoms with Crippen molar-refractivity contribution in [3.8, 4) is 0 Å². The van der Waals surface area contributed by atoms with Gasteiger partial charge in [-0.1, -0.05) is 42.0 Å². The van der Waals surface area contributed by atoms with E-state index in [1.165, 1.54) is 16.9 Å². The van der Waals surface area contributed by atoms with Gasteiger partial charge in [0, 0.05) is 17.9 Å². The third-order valence-electron chi connectivity index (χ3n) is 6.45. The molecule has 9 heteroatoms. The van der Waals surface area contributed by atoms with E-state index in [0.29, 0.717) is 29.5 Å². The van der Waals surface area contributed by atoms with E-state index in [1.807, 2.05) is 13.0 Å². The quantitative estimate of drug-likeness (QED) is 0.308. The minimum atomic E-state index is -3.73. The number of fused-ring (bicyclic) bond motifs is 1. The van der Waals surface area contributed by atoms with Gasteiger partial charge in [0.1, 0.15) is 0 Å². The summed E-state index contributed by atoms with van der Waals surface area (Å²) in [5.74, 6) is -0.196. The Labute approximate surface area is 221 Å². The predicted molar refractivity (Wildman–Crippen MR) is 148 cm³/mol. The number of amides is 1. The minimum Gasteiger partial charge on any atom is -0.376 e. The molecule has 1 saturated heterocycles. The van der Waals surface area contributed by atoms with E-state index in [0.717, 1.165) is 35.0 Å². The zero-order valence-electron chi connectivity index (χ0n) is 20.8. The Kier molecular flexibility index (Phi) is 7.28. The second-order valence-electron chi connectivity index (χ2n) is 9.20. The molecule has 192 valence electrons. The number of aromatic nitrogens is 1. The minimum absolute atomic E-state index is 0.0391. The lowest BCUT2D eigenvalue weighted by molar-refractivity contribution is 0.0917. The molecule has 5 rings (SSSR count). The first-order chi connectivity index (χ1) is 17.8. The van der Waals surface area contributed by atoms with Gasteiger partial charge in [-0.25, -0.2) is 13.4 Å². The number of aryl methyl sites for hydroxylation is 2. The molecule has 1 unspecified atom stereocenters. The van der Waals surface area contributed by atoms with Crippen LogP contribution in [0.2, 0.25) is 0 Å². The molecule has 0 radical (unpaired) electrons. The van der Waals surface area contributed by atoms with E-state index >= 15 is 0 Å². The van der Waals surface area contributed by atoms with Crippen LogP contribution in [-0.4, -0.2) is 38.6 Å². The molecule has 1 amide bonds. The number of sulfonamides is 1. The summed E-state index contributed by atoms with van der Waals surface area (Å²) in [4.78, 5) is 20.3. The van der Waals surface area contributed by atoms with Gasteiger partial charge in [0.2, 0.25) is 0 Å². The Hall–Kier alpha value is -3.27. The molecule has 3 aromatic carbocycles. The highest BCUT2D eigenvalue weighted by Crippen LogP contribution is 2.32. The fourth-order valence-corrected chi connectivity index (χ4v) is 6.40. The van der Waals surface area contributed by atoms with Crippen LogP contribution in [0.15, 0.2) is 71.6 Å². The number of rotatable bonds is 8. The summed E-state index contributed by atoms with van der Waals surface area (Å²) in [6.45, 7) is 5.13. The zero-order chi connectivity index (χ0) is 26.0. The van der Waals surface area contributed by atoms with E-state index < -0.39 is 10.0 Å². The molecule has 1 N–H and O–H groups in total. The van der Waals surface area contributed by atoms with Gasteiger partial charge in [-0.2, -0.15) is 0 Å². The van der Waals surface area contributed by atoms with Gasteiger partial charge in [0.15, 0.2) is 5.13 Å². The van der Waals surface area contributed by atoms with Gasteiger partial charge in [-0.05, 0) is 80.3 Å². The number of ether oxygens (including phenoxy) is 1. The normalized spacial score (nSPS) is 15.7. The fourth-order valence-electron chi connectivity index (χ4n) is 4.30. The molecular formula is C28H29N3O4S2. The van der Waals surface area contributed by atoms with Crippen LogP contribution >= 0.6 is 11.3 Å². The Balaban J connectivity index is 1.39. The maximum atomic E-state index is 13.7. The van der Waals surface area contributed by atoms with Crippen molar-refractivity contribution in [1.82, 2.24) is 4.98 Å². The molecule has 7 nitrogen and oxygen atoms in total. The maximum absolute atomic E-state index is 13.7. The number of benzene rings is 3. The summed E-state index contributed by atoms with van der Waals surface area (Å²) in [6, 6.07) is 19.3. The first-order valence-corrected chi connectivity index (χ1v) is 14.6. The van der Waals surface area contributed by atoms with Gasteiger partial charge in [-0.3, -0.25) is 14.4 Å². The standard InChI is InChI=1S/C28H29N3O4S2/c1-3-20-8-15-25-26(17-20)36-28(29-25)31(18-23-5-4-16-35-23)27(32)21-9-11-22(12-10-21)30-37(33,34)24-13-6-19(2)7-14-24/h6-15,17,23,30H,3-5,16,18H2,1-2H3. The number of nitrogens with zero attached hydrogens (tertiary/aromatic N) is 2. The molecule has 0 aliphatic carbocycles. The number of hydrogen-bond donors (Lipinski definition) is 1. The van der Waals surface area contributed by atoms with Crippen molar-refractivity contribution in [3.63, 3.8) is 0 Å². The van der Waals surface area contributed by atoms with Crippen molar-refractivity contribution in [1.29, 1.82) is 0 Å². The van der Waals surface area contributed by atoms with Crippen molar-refractivity contribution in [2.45, 2.75) is 44.1 Å². The SMILES string of the molecule is CCc1ccc2nc(N(CC3CCCO3)C(=O)c3ccc(NS(=O)(=O)c4ccc(C)cc4)cc3)sc2c1. The van der Waals surface area contributed by atoms with Gasteiger partial charge in [0.25, 0.3) is 15.9 Å². The lowest BCUT2D eigenvalue weighted by Gasteiger charge is -2.23. The van der Waals surface area contributed by atoms with Crippen LogP contribution in [0.25, 0.3) is 10.2 Å². The number of thiazole rings is 1. The number of hydrogen-bond acceptors (Lipinski definition) is 6. The molecule has 1 atom stereocenters. The number of carbonyl (C=O) groups is 1. The van der Waals surface area contributed by atoms with Crippen LogP contribution in [0.1, 0.15) is 41.3 Å². The molecule has 0 saturated carbocycles. The second-order valence-corrected chi connectivity index (χ2v) is 11.9. The van der Waals surface area contributed by atoms with E-state index in [9.17, 15) is 13.2 Å². The molecule has 1 aliphatic rings. The summed E-state index contributed by atoms with van der Waals surface area (Å²) >= 11 is 1.50. The van der Waals surface area contributed by atoms with Crippen molar-refractivity contribution in [2.75, 3.05) is 22.8 Å². The summed E-state index contributed by atoms with van der Waals surface area (Å²) in [5, 5.41) is 0.632. The predicted octanol–water partition coefficient (Wildman–Crippen LogP) is 5.79. The molecule has 1 fully saturated rings. The van der Waals surface area contributed by atoms with Crippen LogP contribution in [0, 0.1) is 6.92 Å². The lowest BCUT2D eigenvalue weighted by Crippen LogP contribution is -2.37. The maximum Gasteiger partial charge on any atom is 0.261 e. The molecule has 4 aromatic rings. The van der Waals surface area contributed by atoms with Gasteiger partial charge in [0.05, 0.1) is 27.8 Å². The molecule has 37 heavy (non-hydrogen) atoms. The van der Waals surface area contributed by atoms with Crippen LogP contribution in [-0.2, 0) is 21.2 Å². The summed E-state index contributed by atoms with van der Waals surface area (Å²) in [7, 11) is -3.73. The lowest BCUT2D eigenvalue weighted by atomic mass is 10.1. The molecule has 0 bridgehead atoms. The summed E-state index contributed by atoms with van der Waals surface area (Å²) in [6.07, 6.45) is 2.76. The average molecular weight is 536 g/mol. The Bertz CT molecular complexity index is 1510. The average Bonchev–Trinajstić information content (AvgIpc) is 3.56. The van der Waals surface area contributed by atoms with E-state index in [4.69, 9.17) is 9.72 Å². The third-order valence-corrected chi connectivity index (χ3v) is 8.89. The topological polar surface area (TPSA) is 88.6 Å². The number of nitrogens with one attached hydrogen (secondary N) is 1. The summed E-state index contributed by atoms with van der Waals surface area (Å²) < 4.78 is 34.9.